The number of carbonyl (C=O) groups is 1. The molecule has 0 aliphatic carbocycles. The molecule has 0 aromatic carbocycles. The molecule has 2 aliphatic heterocycles. The van der Waals surface area contributed by atoms with E-state index in [2.05, 4.69) is 20.2 Å². The molecule has 1 N–H and O–H groups in total. The maximum Gasteiger partial charge on any atom is 0.225 e. The van der Waals surface area contributed by atoms with Crippen molar-refractivity contribution < 1.29 is 4.79 Å². The number of carbonyl (C=O) groups excluding carboxylic acids is 1. The van der Waals surface area contributed by atoms with E-state index in [9.17, 15) is 4.79 Å². The molecule has 0 bridgehead atoms. The van der Waals surface area contributed by atoms with Gasteiger partial charge in [-0.25, -0.2) is 9.97 Å². The number of anilines is 1. The Labute approximate surface area is 151 Å². The van der Waals surface area contributed by atoms with Crippen LogP contribution in [0, 0.1) is 5.92 Å². The van der Waals surface area contributed by atoms with E-state index in [1.807, 2.05) is 31.1 Å². The lowest BCUT2D eigenvalue weighted by molar-refractivity contribution is -0.135. The van der Waals surface area contributed by atoms with E-state index in [-0.39, 0.29) is 11.8 Å². The second-order valence-corrected chi connectivity index (χ2v) is 7.60. The zero-order valence-corrected chi connectivity index (χ0v) is 15.6. The molecule has 1 atom stereocenters. The Morgan fingerprint density at radius 3 is 2.56 bits per heavy atom. The average molecular weight is 345 g/mol. The molecule has 6 nitrogen and oxygen atoms in total. The largest absolute Gasteiger partial charge is 0.341 e. The van der Waals surface area contributed by atoms with Gasteiger partial charge in [0.15, 0.2) is 0 Å². The highest BCUT2D eigenvalue weighted by Gasteiger charge is 2.24. The summed E-state index contributed by atoms with van der Waals surface area (Å²) in [6.07, 6.45) is 9.85. The van der Waals surface area contributed by atoms with Crippen LogP contribution in [0.15, 0.2) is 12.4 Å². The summed E-state index contributed by atoms with van der Waals surface area (Å²) in [5, 5.41) is 3.57. The number of amides is 1. The summed E-state index contributed by atoms with van der Waals surface area (Å²) < 4.78 is 0. The zero-order chi connectivity index (χ0) is 17.6. The molecule has 138 valence electrons. The quantitative estimate of drug-likeness (QED) is 0.886. The molecule has 6 heteroatoms. The molecule has 25 heavy (non-hydrogen) atoms. The first-order valence-corrected chi connectivity index (χ1v) is 9.71. The predicted molar refractivity (Wildman–Crippen MR) is 99.4 cm³/mol. The summed E-state index contributed by atoms with van der Waals surface area (Å²) in [4.78, 5) is 25.5. The smallest absolute Gasteiger partial charge is 0.225 e. The Bertz CT molecular complexity index is 553. The summed E-state index contributed by atoms with van der Waals surface area (Å²) in [5.74, 6) is 1.20. The fraction of sp³-hybridized carbons (Fsp3) is 0.737. The van der Waals surface area contributed by atoms with Gasteiger partial charge in [0.1, 0.15) is 0 Å². The lowest BCUT2D eigenvalue weighted by atomic mass is 10.0. The van der Waals surface area contributed by atoms with E-state index in [0.29, 0.717) is 6.04 Å². The van der Waals surface area contributed by atoms with Crippen molar-refractivity contribution in [2.75, 3.05) is 31.1 Å². The number of nitrogens with one attached hydrogen (secondary N) is 1. The monoisotopic (exact) mass is 345 g/mol. The summed E-state index contributed by atoms with van der Waals surface area (Å²) >= 11 is 0. The van der Waals surface area contributed by atoms with Crippen LogP contribution in [-0.2, 0) is 11.3 Å². The van der Waals surface area contributed by atoms with Crippen molar-refractivity contribution in [1.29, 1.82) is 0 Å². The second kappa shape index (κ2) is 8.61. The molecule has 2 saturated heterocycles. The molecule has 0 saturated carbocycles. The van der Waals surface area contributed by atoms with Crippen molar-refractivity contribution in [1.82, 2.24) is 20.2 Å². The second-order valence-electron chi connectivity index (χ2n) is 7.60. The number of nitrogens with zero attached hydrogens (tertiary/aromatic N) is 4. The van der Waals surface area contributed by atoms with Gasteiger partial charge in [0.05, 0.1) is 0 Å². The van der Waals surface area contributed by atoms with Crippen LogP contribution in [0.2, 0.25) is 0 Å². The first kappa shape index (κ1) is 18.1. The molecule has 0 spiro atoms. The summed E-state index contributed by atoms with van der Waals surface area (Å²) in [5.41, 5.74) is 1.10. The van der Waals surface area contributed by atoms with Crippen molar-refractivity contribution in [3.8, 4) is 0 Å². The third kappa shape index (κ3) is 4.91. The van der Waals surface area contributed by atoms with Gasteiger partial charge in [-0.2, -0.15) is 0 Å². The van der Waals surface area contributed by atoms with Gasteiger partial charge in [0, 0.05) is 62.6 Å². The molecule has 2 fully saturated rings. The minimum absolute atomic E-state index is 0.0782. The minimum Gasteiger partial charge on any atom is -0.341 e. The van der Waals surface area contributed by atoms with Crippen molar-refractivity contribution >= 4 is 11.9 Å². The molecule has 3 heterocycles. The number of piperidine rings is 2. The fourth-order valence-electron chi connectivity index (χ4n) is 3.67. The Morgan fingerprint density at radius 1 is 1.16 bits per heavy atom. The predicted octanol–water partition coefficient (Wildman–Crippen LogP) is 2.20. The van der Waals surface area contributed by atoms with Crippen LogP contribution in [0.3, 0.4) is 0 Å². The first-order valence-electron chi connectivity index (χ1n) is 9.71. The van der Waals surface area contributed by atoms with E-state index < -0.39 is 0 Å². The first-order chi connectivity index (χ1) is 12.1. The van der Waals surface area contributed by atoms with E-state index in [1.165, 1.54) is 19.3 Å². The Hall–Kier alpha value is -1.69. The van der Waals surface area contributed by atoms with Crippen LogP contribution in [0.5, 0.6) is 0 Å². The van der Waals surface area contributed by atoms with Gasteiger partial charge in [-0.05, 0) is 32.1 Å². The lowest BCUT2D eigenvalue weighted by Gasteiger charge is -2.34. The maximum atomic E-state index is 12.2. The molecular formula is C19H31N5O. The number of hydrogen-bond donors (Lipinski definition) is 1. The fourth-order valence-corrected chi connectivity index (χ4v) is 3.67. The lowest BCUT2D eigenvalue weighted by Crippen LogP contribution is -2.48. The third-order valence-corrected chi connectivity index (χ3v) is 5.15. The molecule has 0 radical (unpaired) electrons. The SMILES string of the molecule is CC(C)C(=O)N1CCCC(NCc2cnc(N3CCCCC3)nc2)C1. The maximum absolute atomic E-state index is 12.2. The van der Waals surface area contributed by atoms with Gasteiger partial charge in [-0.15, -0.1) is 0 Å². The van der Waals surface area contributed by atoms with E-state index >= 15 is 0 Å². The average Bonchev–Trinajstić information content (AvgIpc) is 2.67. The summed E-state index contributed by atoms with van der Waals surface area (Å²) in [6, 6.07) is 0.359. The van der Waals surface area contributed by atoms with Crippen molar-refractivity contribution in [2.45, 2.75) is 58.5 Å². The van der Waals surface area contributed by atoms with Crippen LogP contribution in [0.4, 0.5) is 5.95 Å². The Morgan fingerprint density at radius 2 is 1.88 bits per heavy atom. The van der Waals surface area contributed by atoms with Crippen LogP contribution < -0.4 is 10.2 Å². The van der Waals surface area contributed by atoms with Crippen molar-refractivity contribution in [3.05, 3.63) is 18.0 Å². The van der Waals surface area contributed by atoms with E-state index in [1.54, 1.807) is 0 Å². The molecule has 1 amide bonds. The summed E-state index contributed by atoms with van der Waals surface area (Å²) in [6.45, 7) is 8.54. The van der Waals surface area contributed by atoms with Gasteiger partial charge in [0.25, 0.3) is 0 Å². The number of aromatic nitrogens is 2. The van der Waals surface area contributed by atoms with Crippen LogP contribution in [0.25, 0.3) is 0 Å². The number of hydrogen-bond acceptors (Lipinski definition) is 5. The van der Waals surface area contributed by atoms with Crippen LogP contribution >= 0.6 is 0 Å². The normalized spacial score (nSPS) is 21.6. The van der Waals surface area contributed by atoms with Gasteiger partial charge >= 0.3 is 0 Å². The van der Waals surface area contributed by atoms with Gasteiger partial charge in [-0.1, -0.05) is 13.8 Å². The highest BCUT2D eigenvalue weighted by molar-refractivity contribution is 5.78. The minimum atomic E-state index is 0.0782. The number of rotatable bonds is 5. The highest BCUT2D eigenvalue weighted by atomic mass is 16.2. The third-order valence-electron chi connectivity index (χ3n) is 5.15. The summed E-state index contributed by atoms with van der Waals surface area (Å²) in [7, 11) is 0. The van der Waals surface area contributed by atoms with Crippen molar-refractivity contribution in [2.24, 2.45) is 5.92 Å². The molecular weight excluding hydrogens is 314 g/mol. The molecule has 1 aromatic heterocycles. The van der Waals surface area contributed by atoms with Crippen LogP contribution in [0.1, 0.15) is 51.5 Å². The van der Waals surface area contributed by atoms with Crippen molar-refractivity contribution in [3.63, 3.8) is 0 Å². The molecule has 3 rings (SSSR count). The topological polar surface area (TPSA) is 61.4 Å². The molecule has 2 aliphatic rings. The van der Waals surface area contributed by atoms with E-state index in [0.717, 1.165) is 57.1 Å². The highest BCUT2D eigenvalue weighted by Crippen LogP contribution is 2.16. The number of likely N-dealkylation sites (tertiary alicyclic amines) is 1. The van der Waals surface area contributed by atoms with Gasteiger partial charge < -0.3 is 15.1 Å². The zero-order valence-electron chi connectivity index (χ0n) is 15.6. The van der Waals surface area contributed by atoms with Gasteiger partial charge in [-0.3, -0.25) is 4.79 Å². The standard InChI is InChI=1S/C19H31N5O/c1-15(2)18(25)24-10-6-7-17(14-24)20-11-16-12-21-19(22-13-16)23-8-4-3-5-9-23/h12-13,15,17,20H,3-11,14H2,1-2H3. The van der Waals surface area contributed by atoms with E-state index in [4.69, 9.17) is 0 Å². The Kier molecular flexibility index (Phi) is 6.24. The molecule has 1 unspecified atom stereocenters. The van der Waals surface area contributed by atoms with Gasteiger partial charge in [0.2, 0.25) is 11.9 Å². The van der Waals surface area contributed by atoms with Crippen LogP contribution in [-0.4, -0.2) is 53.0 Å². The Balaban J connectivity index is 1.48. The molecule has 1 aromatic rings.